The number of amides is 1. The monoisotopic (exact) mass is 294 g/mol. The first-order chi connectivity index (χ1) is 9.52. The molecule has 104 valence electrons. The number of rotatable bonds is 6. The van der Waals surface area contributed by atoms with E-state index in [-0.39, 0.29) is 18.2 Å². The summed E-state index contributed by atoms with van der Waals surface area (Å²) >= 11 is 5.94. The highest BCUT2D eigenvalue weighted by Gasteiger charge is 2.06. The first-order valence-electron chi connectivity index (χ1n) is 5.50. The van der Waals surface area contributed by atoms with Crippen LogP contribution in [0.15, 0.2) is 24.3 Å². The van der Waals surface area contributed by atoms with E-state index in [2.05, 4.69) is 5.32 Å². The van der Waals surface area contributed by atoms with E-state index in [9.17, 15) is 9.59 Å². The van der Waals surface area contributed by atoms with Crippen LogP contribution in [0.2, 0.25) is 5.02 Å². The fourth-order valence-electron chi connectivity index (χ4n) is 1.24. The molecule has 0 aliphatic rings. The Morgan fingerprint density at radius 2 is 2.25 bits per heavy atom. The molecule has 0 unspecified atom stereocenters. The SMILES string of the molecule is N#CCNC(=O)COc1ccc(C=CC(=O)O)cc1Cl. The topological polar surface area (TPSA) is 99.4 Å². The number of carboxylic acid groups (broad SMARTS) is 1. The summed E-state index contributed by atoms with van der Waals surface area (Å²) < 4.78 is 5.18. The molecule has 0 radical (unpaired) electrons. The van der Waals surface area contributed by atoms with Gasteiger partial charge in [-0.2, -0.15) is 5.26 Å². The number of hydrogen-bond acceptors (Lipinski definition) is 4. The molecule has 0 aliphatic carbocycles. The Balaban J connectivity index is 2.62. The molecule has 1 aromatic rings. The van der Waals surface area contributed by atoms with Gasteiger partial charge in [0, 0.05) is 6.08 Å². The third-order valence-corrected chi connectivity index (χ3v) is 2.39. The van der Waals surface area contributed by atoms with Crippen LogP contribution in [0.3, 0.4) is 0 Å². The molecule has 1 amide bonds. The molecule has 0 bridgehead atoms. The van der Waals surface area contributed by atoms with Gasteiger partial charge in [-0.3, -0.25) is 4.79 Å². The molecule has 0 saturated heterocycles. The van der Waals surface area contributed by atoms with Crippen LogP contribution in [0.25, 0.3) is 6.08 Å². The summed E-state index contributed by atoms with van der Waals surface area (Å²) in [6.45, 7) is -0.347. The Labute approximate surface area is 120 Å². The highest BCUT2D eigenvalue weighted by molar-refractivity contribution is 6.32. The molecule has 20 heavy (non-hydrogen) atoms. The first kappa shape index (κ1) is 15.5. The Bertz CT molecular complexity index is 578. The normalized spacial score (nSPS) is 10.0. The fourth-order valence-corrected chi connectivity index (χ4v) is 1.48. The molecule has 2 N–H and O–H groups in total. The van der Waals surface area contributed by atoms with Crippen molar-refractivity contribution >= 4 is 29.6 Å². The zero-order valence-corrected chi connectivity index (χ0v) is 11.1. The van der Waals surface area contributed by atoms with E-state index in [0.717, 1.165) is 6.08 Å². The average molecular weight is 295 g/mol. The van der Waals surface area contributed by atoms with E-state index in [1.54, 1.807) is 12.1 Å². The van der Waals surface area contributed by atoms with Gasteiger partial charge in [0.1, 0.15) is 12.3 Å². The number of hydrogen-bond donors (Lipinski definition) is 2. The number of carbonyl (C=O) groups excluding carboxylic acids is 1. The van der Waals surface area contributed by atoms with Crippen molar-refractivity contribution < 1.29 is 19.4 Å². The van der Waals surface area contributed by atoms with Gasteiger partial charge < -0.3 is 15.2 Å². The van der Waals surface area contributed by atoms with Crippen LogP contribution >= 0.6 is 11.6 Å². The number of ether oxygens (including phenoxy) is 1. The summed E-state index contributed by atoms with van der Waals surface area (Å²) in [5, 5.41) is 19.4. The van der Waals surface area contributed by atoms with Gasteiger partial charge in [0.25, 0.3) is 5.91 Å². The van der Waals surface area contributed by atoms with Crippen molar-refractivity contribution in [3.8, 4) is 11.8 Å². The number of nitriles is 1. The van der Waals surface area contributed by atoms with E-state index in [4.69, 9.17) is 26.7 Å². The Kier molecular flexibility index (Phi) is 6.07. The minimum absolute atomic E-state index is 0.0884. The van der Waals surface area contributed by atoms with Crippen molar-refractivity contribution in [1.82, 2.24) is 5.32 Å². The maximum Gasteiger partial charge on any atom is 0.328 e. The number of carbonyl (C=O) groups is 2. The predicted octanol–water partition coefficient (Wildman–Crippen LogP) is 1.46. The molecule has 0 fully saturated rings. The van der Waals surface area contributed by atoms with Crippen LogP contribution in [0.1, 0.15) is 5.56 Å². The first-order valence-corrected chi connectivity index (χ1v) is 5.87. The largest absolute Gasteiger partial charge is 0.482 e. The number of nitrogens with one attached hydrogen (secondary N) is 1. The maximum absolute atomic E-state index is 11.2. The van der Waals surface area contributed by atoms with Crippen LogP contribution < -0.4 is 10.1 Å². The van der Waals surface area contributed by atoms with Crippen molar-refractivity contribution in [3.05, 3.63) is 34.9 Å². The molecule has 0 aromatic heterocycles. The van der Waals surface area contributed by atoms with E-state index in [1.807, 2.05) is 0 Å². The molecule has 0 saturated carbocycles. The third kappa shape index (κ3) is 5.42. The number of carboxylic acids is 1. The zero-order valence-electron chi connectivity index (χ0n) is 10.3. The summed E-state index contributed by atoms with van der Waals surface area (Å²) in [4.78, 5) is 21.6. The van der Waals surface area contributed by atoms with Gasteiger partial charge in [-0.1, -0.05) is 17.7 Å². The minimum atomic E-state index is -1.06. The van der Waals surface area contributed by atoms with E-state index in [1.165, 1.54) is 18.2 Å². The van der Waals surface area contributed by atoms with Crippen molar-refractivity contribution in [2.75, 3.05) is 13.2 Å². The van der Waals surface area contributed by atoms with Gasteiger partial charge in [0.15, 0.2) is 6.61 Å². The van der Waals surface area contributed by atoms with Crippen LogP contribution in [0.5, 0.6) is 5.75 Å². The summed E-state index contributed by atoms with van der Waals surface area (Å²) in [6.07, 6.45) is 2.37. The molecule has 1 aromatic carbocycles. The van der Waals surface area contributed by atoms with Gasteiger partial charge in [-0.15, -0.1) is 0 Å². The molecular weight excluding hydrogens is 284 g/mol. The Morgan fingerprint density at radius 1 is 1.50 bits per heavy atom. The lowest BCUT2D eigenvalue weighted by Gasteiger charge is -2.08. The second-order valence-electron chi connectivity index (χ2n) is 3.58. The molecule has 7 heteroatoms. The van der Waals surface area contributed by atoms with E-state index < -0.39 is 11.9 Å². The zero-order chi connectivity index (χ0) is 15.0. The lowest BCUT2D eigenvalue weighted by atomic mass is 10.2. The minimum Gasteiger partial charge on any atom is -0.482 e. The van der Waals surface area contributed by atoms with Crippen LogP contribution in [-0.2, 0) is 9.59 Å². The average Bonchev–Trinajstić information content (AvgIpc) is 2.41. The predicted molar refractivity (Wildman–Crippen MR) is 72.2 cm³/mol. The highest BCUT2D eigenvalue weighted by Crippen LogP contribution is 2.25. The lowest BCUT2D eigenvalue weighted by molar-refractivity contribution is -0.131. The summed E-state index contributed by atoms with van der Waals surface area (Å²) in [7, 11) is 0. The molecule has 0 spiro atoms. The van der Waals surface area contributed by atoms with Gasteiger partial charge in [-0.05, 0) is 23.8 Å². The van der Waals surface area contributed by atoms with Gasteiger partial charge in [0.05, 0.1) is 11.1 Å². The van der Waals surface area contributed by atoms with Gasteiger partial charge in [-0.25, -0.2) is 4.79 Å². The molecular formula is C13H11ClN2O4. The molecule has 0 heterocycles. The molecule has 6 nitrogen and oxygen atoms in total. The summed E-state index contributed by atoms with van der Waals surface area (Å²) in [5.74, 6) is -1.20. The lowest BCUT2D eigenvalue weighted by Crippen LogP contribution is -2.29. The third-order valence-electron chi connectivity index (χ3n) is 2.10. The highest BCUT2D eigenvalue weighted by atomic mass is 35.5. The second-order valence-corrected chi connectivity index (χ2v) is 3.99. The maximum atomic E-state index is 11.2. The van der Waals surface area contributed by atoms with Crippen molar-refractivity contribution in [1.29, 1.82) is 5.26 Å². The second kappa shape index (κ2) is 7.81. The summed E-state index contributed by atoms with van der Waals surface area (Å²) in [5.41, 5.74) is 0.596. The standard InChI is InChI=1S/C13H11ClN2O4/c14-10-7-9(2-4-13(18)19)1-3-11(10)20-8-12(17)16-6-5-15/h1-4,7H,6,8H2,(H,16,17)(H,18,19). The van der Waals surface area contributed by atoms with Crippen molar-refractivity contribution in [3.63, 3.8) is 0 Å². The smallest absolute Gasteiger partial charge is 0.328 e. The Hall–Kier alpha value is -2.52. The van der Waals surface area contributed by atoms with Gasteiger partial charge >= 0.3 is 5.97 Å². The number of benzene rings is 1. The fraction of sp³-hybridized carbons (Fsp3) is 0.154. The number of halogens is 1. The van der Waals surface area contributed by atoms with Gasteiger partial charge in [0.2, 0.25) is 0 Å². The van der Waals surface area contributed by atoms with Crippen molar-refractivity contribution in [2.24, 2.45) is 0 Å². The molecule has 0 aliphatic heterocycles. The van der Waals surface area contributed by atoms with Crippen molar-refractivity contribution in [2.45, 2.75) is 0 Å². The number of aliphatic carboxylic acids is 1. The van der Waals surface area contributed by atoms with Crippen LogP contribution in [-0.4, -0.2) is 30.1 Å². The van der Waals surface area contributed by atoms with Crippen LogP contribution in [0, 0.1) is 11.3 Å². The summed E-state index contributed by atoms with van der Waals surface area (Å²) in [6, 6.07) is 6.42. The van der Waals surface area contributed by atoms with E-state index in [0.29, 0.717) is 11.3 Å². The Morgan fingerprint density at radius 3 is 2.85 bits per heavy atom. The molecule has 1 rings (SSSR count). The quantitative estimate of drug-likeness (QED) is 0.611. The molecule has 0 atom stereocenters. The van der Waals surface area contributed by atoms with E-state index >= 15 is 0 Å². The van der Waals surface area contributed by atoms with Crippen LogP contribution in [0.4, 0.5) is 0 Å². The number of nitrogens with zero attached hydrogens (tertiary/aromatic N) is 1.